The van der Waals surface area contributed by atoms with Crippen molar-refractivity contribution in [2.45, 2.75) is 46.3 Å². The monoisotopic (exact) mass is 398 g/mol. The van der Waals surface area contributed by atoms with Crippen LogP contribution in [0.15, 0.2) is 18.2 Å². The second-order valence-corrected chi connectivity index (χ2v) is 7.56. The first kappa shape index (κ1) is 21.0. The van der Waals surface area contributed by atoms with Gasteiger partial charge < -0.3 is 19.4 Å². The number of alkyl carbamates (subject to hydrolysis) is 1. The third-order valence-corrected chi connectivity index (χ3v) is 4.05. The SMILES string of the molecule is CCOC(=O)c1cc2ccc(Cl)c(F)c2n1C(C)CNC(=O)OC(C)(C)C. The Morgan fingerprint density at radius 2 is 2.00 bits per heavy atom. The first-order valence-corrected chi connectivity index (χ1v) is 9.05. The zero-order valence-electron chi connectivity index (χ0n) is 16.1. The van der Waals surface area contributed by atoms with E-state index in [1.807, 2.05) is 0 Å². The summed E-state index contributed by atoms with van der Waals surface area (Å²) in [6, 6.07) is 4.16. The van der Waals surface area contributed by atoms with E-state index >= 15 is 0 Å². The highest BCUT2D eigenvalue weighted by Crippen LogP contribution is 2.30. The summed E-state index contributed by atoms with van der Waals surface area (Å²) in [7, 11) is 0. The molecule has 2 aromatic rings. The van der Waals surface area contributed by atoms with E-state index in [-0.39, 0.29) is 29.4 Å². The Morgan fingerprint density at radius 3 is 2.59 bits per heavy atom. The molecular formula is C19H24ClFN2O4. The topological polar surface area (TPSA) is 69.6 Å². The minimum absolute atomic E-state index is 0.0513. The van der Waals surface area contributed by atoms with E-state index in [4.69, 9.17) is 21.1 Å². The van der Waals surface area contributed by atoms with Crippen molar-refractivity contribution in [3.05, 3.63) is 34.7 Å². The normalized spacial score (nSPS) is 12.7. The highest BCUT2D eigenvalue weighted by Gasteiger charge is 2.24. The van der Waals surface area contributed by atoms with Gasteiger partial charge in [-0.15, -0.1) is 0 Å². The highest BCUT2D eigenvalue weighted by molar-refractivity contribution is 6.31. The summed E-state index contributed by atoms with van der Waals surface area (Å²) in [5.41, 5.74) is -0.265. The van der Waals surface area contributed by atoms with Crippen LogP contribution in [0.1, 0.15) is 51.1 Å². The van der Waals surface area contributed by atoms with Crippen LogP contribution in [-0.4, -0.2) is 35.4 Å². The molecule has 0 aliphatic rings. The van der Waals surface area contributed by atoms with Gasteiger partial charge in [-0.3, -0.25) is 0 Å². The molecule has 148 valence electrons. The standard InChI is InChI=1S/C19H24ClFN2O4/c1-6-26-17(24)14-9-12-7-8-13(20)15(21)16(12)23(14)11(2)10-22-18(25)27-19(3,4)5/h7-9,11H,6,10H2,1-5H3,(H,22,25). The Bertz CT molecular complexity index is 857. The number of fused-ring (bicyclic) bond motifs is 1. The van der Waals surface area contributed by atoms with Crippen molar-refractivity contribution in [3.63, 3.8) is 0 Å². The Balaban J connectivity index is 2.39. The predicted molar refractivity (Wildman–Crippen MR) is 102 cm³/mol. The number of rotatable bonds is 5. The lowest BCUT2D eigenvalue weighted by molar-refractivity contribution is 0.0512. The molecule has 2 rings (SSSR count). The molecule has 0 aliphatic heterocycles. The fraction of sp³-hybridized carbons (Fsp3) is 0.474. The third-order valence-electron chi connectivity index (χ3n) is 3.76. The van der Waals surface area contributed by atoms with Gasteiger partial charge in [0.15, 0.2) is 5.82 Å². The molecule has 0 spiro atoms. The Morgan fingerprint density at radius 1 is 1.33 bits per heavy atom. The highest BCUT2D eigenvalue weighted by atomic mass is 35.5. The average Bonchev–Trinajstić information content (AvgIpc) is 2.95. The van der Waals surface area contributed by atoms with E-state index in [2.05, 4.69) is 5.32 Å². The summed E-state index contributed by atoms with van der Waals surface area (Å²) in [6.07, 6.45) is -0.595. The zero-order chi connectivity index (χ0) is 20.4. The molecule has 1 aromatic carbocycles. The van der Waals surface area contributed by atoms with Crippen LogP contribution in [0.2, 0.25) is 5.02 Å². The van der Waals surface area contributed by atoms with Gasteiger partial charge in [0.1, 0.15) is 11.3 Å². The van der Waals surface area contributed by atoms with Gasteiger partial charge in [0, 0.05) is 18.0 Å². The predicted octanol–water partition coefficient (Wildman–Crippen LogP) is 4.70. The zero-order valence-corrected chi connectivity index (χ0v) is 16.8. The molecule has 1 heterocycles. The first-order chi connectivity index (χ1) is 12.5. The van der Waals surface area contributed by atoms with Crippen LogP contribution >= 0.6 is 11.6 Å². The second kappa shape index (κ2) is 8.17. The molecule has 1 amide bonds. The number of carbonyl (C=O) groups excluding carboxylic acids is 2. The lowest BCUT2D eigenvalue weighted by atomic mass is 10.2. The molecule has 0 aliphatic carbocycles. The van der Waals surface area contributed by atoms with Crippen molar-refractivity contribution in [2.75, 3.05) is 13.2 Å². The van der Waals surface area contributed by atoms with Crippen LogP contribution in [-0.2, 0) is 9.47 Å². The number of hydrogen-bond donors (Lipinski definition) is 1. The fourth-order valence-corrected chi connectivity index (χ4v) is 2.86. The number of benzene rings is 1. The maximum Gasteiger partial charge on any atom is 0.407 e. The first-order valence-electron chi connectivity index (χ1n) is 8.68. The van der Waals surface area contributed by atoms with E-state index in [1.54, 1.807) is 46.8 Å². The van der Waals surface area contributed by atoms with Crippen LogP contribution in [0.25, 0.3) is 10.9 Å². The quantitative estimate of drug-likeness (QED) is 0.741. The number of hydrogen-bond acceptors (Lipinski definition) is 4. The second-order valence-electron chi connectivity index (χ2n) is 7.15. The molecular weight excluding hydrogens is 375 g/mol. The van der Waals surface area contributed by atoms with Gasteiger partial charge >= 0.3 is 12.1 Å². The van der Waals surface area contributed by atoms with Gasteiger partial charge in [0.25, 0.3) is 0 Å². The molecule has 0 fully saturated rings. The van der Waals surface area contributed by atoms with Gasteiger partial charge in [-0.1, -0.05) is 17.7 Å². The summed E-state index contributed by atoms with van der Waals surface area (Å²) in [5.74, 6) is -1.21. The van der Waals surface area contributed by atoms with Gasteiger partial charge in [0.05, 0.1) is 17.1 Å². The van der Waals surface area contributed by atoms with Crippen molar-refractivity contribution in [2.24, 2.45) is 0 Å². The maximum absolute atomic E-state index is 14.7. The number of esters is 1. The van der Waals surface area contributed by atoms with Gasteiger partial charge in [-0.25, -0.2) is 14.0 Å². The van der Waals surface area contributed by atoms with Crippen LogP contribution in [0.5, 0.6) is 0 Å². The molecule has 8 heteroatoms. The number of halogens is 2. The average molecular weight is 399 g/mol. The minimum Gasteiger partial charge on any atom is -0.461 e. The Kier molecular flexibility index (Phi) is 6.36. The number of ether oxygens (including phenoxy) is 2. The molecule has 0 saturated carbocycles. The van der Waals surface area contributed by atoms with Gasteiger partial charge in [0.2, 0.25) is 0 Å². The van der Waals surface area contributed by atoms with E-state index < -0.39 is 29.5 Å². The minimum atomic E-state index is -0.636. The molecule has 0 bridgehead atoms. The molecule has 0 saturated heterocycles. The van der Waals surface area contributed by atoms with Crippen molar-refractivity contribution in [1.29, 1.82) is 0 Å². The third kappa shape index (κ3) is 4.91. The van der Waals surface area contributed by atoms with E-state index in [0.717, 1.165) is 0 Å². The lowest BCUT2D eigenvalue weighted by Gasteiger charge is -2.22. The number of nitrogens with one attached hydrogen (secondary N) is 1. The molecule has 6 nitrogen and oxygen atoms in total. The molecule has 1 atom stereocenters. The van der Waals surface area contributed by atoms with Crippen molar-refractivity contribution in [3.8, 4) is 0 Å². The number of nitrogens with zero attached hydrogens (tertiary/aromatic N) is 1. The molecule has 27 heavy (non-hydrogen) atoms. The van der Waals surface area contributed by atoms with Gasteiger partial charge in [-0.2, -0.15) is 0 Å². The molecule has 1 N–H and O–H groups in total. The maximum atomic E-state index is 14.7. The summed E-state index contributed by atoms with van der Waals surface area (Å²) < 4.78 is 26.5. The Labute approximate surface area is 162 Å². The van der Waals surface area contributed by atoms with Crippen LogP contribution < -0.4 is 5.32 Å². The number of amides is 1. The molecule has 1 aromatic heterocycles. The summed E-state index contributed by atoms with van der Waals surface area (Å²) in [6.45, 7) is 9.02. The largest absolute Gasteiger partial charge is 0.461 e. The molecule has 1 unspecified atom stereocenters. The van der Waals surface area contributed by atoms with E-state index in [1.165, 1.54) is 10.6 Å². The number of aromatic nitrogens is 1. The van der Waals surface area contributed by atoms with Crippen LogP contribution in [0.3, 0.4) is 0 Å². The lowest BCUT2D eigenvalue weighted by Crippen LogP contribution is -2.35. The summed E-state index contributed by atoms with van der Waals surface area (Å²) in [4.78, 5) is 24.3. The van der Waals surface area contributed by atoms with E-state index in [0.29, 0.717) is 5.39 Å². The summed E-state index contributed by atoms with van der Waals surface area (Å²) >= 11 is 5.92. The fourth-order valence-electron chi connectivity index (χ4n) is 2.71. The van der Waals surface area contributed by atoms with Crippen LogP contribution in [0, 0.1) is 5.82 Å². The van der Waals surface area contributed by atoms with Crippen molar-refractivity contribution >= 4 is 34.6 Å². The molecule has 0 radical (unpaired) electrons. The summed E-state index contributed by atoms with van der Waals surface area (Å²) in [5, 5.41) is 3.10. The van der Waals surface area contributed by atoms with Crippen molar-refractivity contribution < 1.29 is 23.5 Å². The number of carbonyl (C=O) groups is 2. The van der Waals surface area contributed by atoms with Gasteiger partial charge in [-0.05, 0) is 46.8 Å². The van der Waals surface area contributed by atoms with Crippen LogP contribution in [0.4, 0.5) is 9.18 Å². The smallest absolute Gasteiger partial charge is 0.407 e. The Hall–Kier alpha value is -2.28. The van der Waals surface area contributed by atoms with E-state index in [9.17, 15) is 14.0 Å². The van der Waals surface area contributed by atoms with Crippen molar-refractivity contribution in [1.82, 2.24) is 9.88 Å².